The minimum absolute atomic E-state index is 0.0425. The van der Waals surface area contributed by atoms with Crippen molar-refractivity contribution in [2.45, 2.75) is 44.3 Å². The molecule has 2 aromatic rings. The molecular formula is C23H29F4N3OS. The highest BCUT2D eigenvalue weighted by Crippen LogP contribution is 2.48. The zero-order valence-electron chi connectivity index (χ0n) is 18.9. The summed E-state index contributed by atoms with van der Waals surface area (Å²) in [5, 5.41) is 2.96. The molecule has 1 atom stereocenters. The van der Waals surface area contributed by atoms with Crippen LogP contribution in [0.3, 0.4) is 0 Å². The molecule has 0 saturated carbocycles. The van der Waals surface area contributed by atoms with E-state index >= 15 is 0 Å². The van der Waals surface area contributed by atoms with Gasteiger partial charge in [-0.15, -0.1) is 0 Å². The van der Waals surface area contributed by atoms with Crippen molar-refractivity contribution < 1.29 is 22.4 Å². The number of fused-ring (bicyclic) bond motifs is 3. The van der Waals surface area contributed by atoms with Crippen LogP contribution >= 0.6 is 11.9 Å². The molecule has 0 fully saturated rings. The number of likely N-dealkylation sites (N-methyl/N-ethyl adjacent to an activating group) is 1. The number of nitrogens with zero attached hydrogens (tertiary/aromatic N) is 2. The van der Waals surface area contributed by atoms with Gasteiger partial charge in [-0.2, -0.15) is 13.2 Å². The van der Waals surface area contributed by atoms with E-state index in [1.54, 1.807) is 4.31 Å². The second-order valence-electron chi connectivity index (χ2n) is 7.43. The van der Waals surface area contributed by atoms with Crippen LogP contribution in [0.1, 0.15) is 32.8 Å². The van der Waals surface area contributed by atoms with Crippen LogP contribution in [-0.2, 0) is 11.0 Å². The van der Waals surface area contributed by atoms with Crippen LogP contribution in [0, 0.1) is 5.82 Å². The first-order valence-corrected chi connectivity index (χ1v) is 11.3. The standard InChI is InChI=1S/C21H23F4N3OS.C2H6/c1-4-15(11-27(2)3)26-20(29)12-28-18-8-5-13(21(23,24)25)9-17(18)16-7-6-14(22)10-19(16)30-28;1-2/h5-10,15H,4,11-12H2,1-3H3,(H,26,29);1-2H3. The highest BCUT2D eigenvalue weighted by molar-refractivity contribution is 8.01. The van der Waals surface area contributed by atoms with Gasteiger partial charge in [0.1, 0.15) is 12.4 Å². The lowest BCUT2D eigenvalue weighted by Crippen LogP contribution is -2.45. The predicted molar refractivity (Wildman–Crippen MR) is 122 cm³/mol. The largest absolute Gasteiger partial charge is 0.416 e. The van der Waals surface area contributed by atoms with Gasteiger partial charge in [-0.05, 0) is 68.4 Å². The number of anilines is 1. The van der Waals surface area contributed by atoms with E-state index in [9.17, 15) is 22.4 Å². The van der Waals surface area contributed by atoms with E-state index < -0.39 is 17.6 Å². The first-order chi connectivity index (χ1) is 15.1. The third-order valence-electron chi connectivity index (χ3n) is 4.77. The number of hydrogen-bond donors (Lipinski definition) is 1. The molecule has 1 aliphatic heterocycles. The van der Waals surface area contributed by atoms with Gasteiger partial charge in [-0.25, -0.2) is 4.39 Å². The van der Waals surface area contributed by atoms with Crippen molar-refractivity contribution in [2.24, 2.45) is 0 Å². The number of alkyl halides is 3. The van der Waals surface area contributed by atoms with Gasteiger partial charge in [0.25, 0.3) is 0 Å². The van der Waals surface area contributed by atoms with E-state index in [2.05, 4.69) is 5.32 Å². The number of halogens is 4. The Balaban J connectivity index is 0.00000176. The van der Waals surface area contributed by atoms with Crippen molar-refractivity contribution in [3.05, 3.63) is 47.8 Å². The number of rotatable bonds is 6. The summed E-state index contributed by atoms with van der Waals surface area (Å²) < 4.78 is 55.1. The molecule has 3 rings (SSSR count). The molecule has 0 aromatic heterocycles. The van der Waals surface area contributed by atoms with Gasteiger partial charge >= 0.3 is 6.18 Å². The normalized spacial score (nSPS) is 13.6. The molecule has 9 heteroatoms. The van der Waals surface area contributed by atoms with Crippen LogP contribution in [-0.4, -0.2) is 44.0 Å². The predicted octanol–water partition coefficient (Wildman–Crippen LogP) is 5.82. The molecule has 1 unspecified atom stereocenters. The maximum absolute atomic E-state index is 13.8. The monoisotopic (exact) mass is 471 g/mol. The van der Waals surface area contributed by atoms with E-state index in [1.807, 2.05) is 39.8 Å². The number of hydrogen-bond acceptors (Lipinski definition) is 4. The fourth-order valence-electron chi connectivity index (χ4n) is 3.35. The van der Waals surface area contributed by atoms with Crippen LogP contribution in [0.5, 0.6) is 0 Å². The Hall–Kier alpha value is -2.26. The fourth-order valence-corrected chi connectivity index (χ4v) is 4.46. The molecule has 4 nitrogen and oxygen atoms in total. The van der Waals surface area contributed by atoms with Crippen LogP contribution < -0.4 is 9.62 Å². The first kappa shape index (κ1) is 26.0. The quantitative estimate of drug-likeness (QED) is 0.425. The lowest BCUT2D eigenvalue weighted by molar-refractivity contribution is -0.137. The maximum atomic E-state index is 13.8. The average Bonchev–Trinajstić information content (AvgIpc) is 2.73. The number of nitrogens with one attached hydrogen (secondary N) is 1. The molecule has 1 heterocycles. The third kappa shape index (κ3) is 6.38. The molecular weight excluding hydrogens is 442 g/mol. The molecule has 32 heavy (non-hydrogen) atoms. The molecule has 0 aliphatic carbocycles. The summed E-state index contributed by atoms with van der Waals surface area (Å²) in [6, 6.07) is 7.34. The van der Waals surface area contributed by atoms with E-state index in [0.717, 1.165) is 30.5 Å². The lowest BCUT2D eigenvalue weighted by Gasteiger charge is -2.32. The van der Waals surface area contributed by atoms with Gasteiger partial charge in [0.05, 0.1) is 11.3 Å². The van der Waals surface area contributed by atoms with Crippen molar-refractivity contribution >= 4 is 23.5 Å². The number of carbonyl (C=O) groups excluding carboxylic acids is 1. The zero-order valence-corrected chi connectivity index (χ0v) is 19.7. The summed E-state index contributed by atoms with van der Waals surface area (Å²) in [7, 11) is 3.82. The molecule has 0 spiro atoms. The molecule has 0 saturated heterocycles. The zero-order chi connectivity index (χ0) is 24.1. The summed E-state index contributed by atoms with van der Waals surface area (Å²) in [6.45, 7) is 6.58. The van der Waals surface area contributed by atoms with Gasteiger partial charge in [0.15, 0.2) is 0 Å². The Morgan fingerprint density at radius 1 is 1.12 bits per heavy atom. The van der Waals surface area contributed by atoms with Gasteiger partial charge < -0.3 is 14.5 Å². The molecule has 0 radical (unpaired) electrons. The lowest BCUT2D eigenvalue weighted by atomic mass is 10.00. The molecule has 0 bridgehead atoms. The Kier molecular flexibility index (Phi) is 8.98. The first-order valence-electron chi connectivity index (χ1n) is 10.5. The van der Waals surface area contributed by atoms with Crippen molar-refractivity contribution in [3.8, 4) is 11.1 Å². The van der Waals surface area contributed by atoms with E-state index in [1.165, 1.54) is 24.3 Å². The smallest absolute Gasteiger partial charge is 0.351 e. The van der Waals surface area contributed by atoms with Gasteiger partial charge in [0.2, 0.25) is 5.91 Å². The molecule has 176 valence electrons. The van der Waals surface area contributed by atoms with E-state index in [-0.39, 0.29) is 18.5 Å². The average molecular weight is 472 g/mol. The van der Waals surface area contributed by atoms with Crippen LogP contribution in [0.25, 0.3) is 11.1 Å². The van der Waals surface area contributed by atoms with Gasteiger partial charge in [0, 0.05) is 23.0 Å². The Bertz CT molecular complexity index is 934. The highest BCUT2D eigenvalue weighted by Gasteiger charge is 2.33. The summed E-state index contributed by atoms with van der Waals surface area (Å²) in [5.41, 5.74) is 0.540. The minimum atomic E-state index is -4.50. The third-order valence-corrected chi connectivity index (χ3v) is 5.85. The summed E-state index contributed by atoms with van der Waals surface area (Å²) in [6.07, 6.45) is -3.75. The number of benzene rings is 2. The van der Waals surface area contributed by atoms with Crippen LogP contribution in [0.4, 0.5) is 23.2 Å². The number of amides is 1. The molecule has 1 amide bonds. The van der Waals surface area contributed by atoms with Crippen molar-refractivity contribution in [1.29, 1.82) is 0 Å². The molecule has 1 N–H and O–H groups in total. The Labute approximate surface area is 191 Å². The highest BCUT2D eigenvalue weighted by atomic mass is 32.2. The second kappa shape index (κ2) is 11.0. The fraction of sp³-hybridized carbons (Fsp3) is 0.435. The van der Waals surface area contributed by atoms with Gasteiger partial charge in [-0.3, -0.25) is 4.79 Å². The van der Waals surface area contributed by atoms with Crippen LogP contribution in [0.2, 0.25) is 0 Å². The van der Waals surface area contributed by atoms with E-state index in [0.29, 0.717) is 28.3 Å². The van der Waals surface area contributed by atoms with Gasteiger partial charge in [-0.1, -0.05) is 26.8 Å². The second-order valence-corrected chi connectivity index (χ2v) is 8.50. The molecule has 2 aromatic carbocycles. The number of carbonyl (C=O) groups is 1. The van der Waals surface area contributed by atoms with Crippen molar-refractivity contribution in [3.63, 3.8) is 0 Å². The summed E-state index contributed by atoms with van der Waals surface area (Å²) in [4.78, 5) is 15.1. The molecule has 1 aliphatic rings. The Morgan fingerprint density at radius 3 is 2.41 bits per heavy atom. The van der Waals surface area contributed by atoms with Crippen molar-refractivity contribution in [1.82, 2.24) is 10.2 Å². The summed E-state index contributed by atoms with van der Waals surface area (Å²) >= 11 is 1.14. The van der Waals surface area contributed by atoms with E-state index in [4.69, 9.17) is 0 Å². The SMILES string of the molecule is CC.CCC(CN(C)C)NC(=O)CN1Sc2cc(F)ccc2-c2cc(C(F)(F)F)ccc21. The minimum Gasteiger partial charge on any atom is -0.351 e. The van der Waals surface area contributed by atoms with Crippen LogP contribution in [0.15, 0.2) is 41.3 Å². The summed E-state index contributed by atoms with van der Waals surface area (Å²) in [5.74, 6) is -0.736. The topological polar surface area (TPSA) is 35.6 Å². The Morgan fingerprint density at radius 2 is 1.81 bits per heavy atom. The maximum Gasteiger partial charge on any atom is 0.416 e. The van der Waals surface area contributed by atoms with Crippen molar-refractivity contribution in [2.75, 3.05) is 31.5 Å².